The Labute approximate surface area is 89.1 Å². The summed E-state index contributed by atoms with van der Waals surface area (Å²) in [4.78, 5) is 0. The van der Waals surface area contributed by atoms with E-state index in [-0.39, 0.29) is 5.56 Å². The summed E-state index contributed by atoms with van der Waals surface area (Å²) in [6.07, 6.45) is 1.53. The molecule has 0 bridgehead atoms. The Morgan fingerprint density at radius 3 is 2.14 bits per heavy atom. The Bertz CT molecular complexity index is 380. The van der Waals surface area contributed by atoms with E-state index in [1.807, 2.05) is 10.8 Å². The summed E-state index contributed by atoms with van der Waals surface area (Å²) >= 11 is 2.93. The summed E-state index contributed by atoms with van der Waals surface area (Å²) in [7, 11) is 0. The standard InChI is InChI=1S/C10H6F2S2/c11-8-2-1-3-9(12)7(8)6-10-13-4-5-14-10/h1-6H. The number of halogens is 2. The molecule has 14 heavy (non-hydrogen) atoms. The van der Waals surface area contributed by atoms with Crippen LogP contribution in [0.4, 0.5) is 8.78 Å². The lowest BCUT2D eigenvalue weighted by Gasteiger charge is -1.99. The van der Waals surface area contributed by atoms with Gasteiger partial charge in [0.25, 0.3) is 0 Å². The second-order valence-corrected chi connectivity index (χ2v) is 4.76. The van der Waals surface area contributed by atoms with E-state index in [9.17, 15) is 8.78 Å². The van der Waals surface area contributed by atoms with Gasteiger partial charge in [-0.25, -0.2) is 8.78 Å². The second kappa shape index (κ2) is 4.19. The van der Waals surface area contributed by atoms with Gasteiger partial charge in [0.1, 0.15) is 11.6 Å². The lowest BCUT2D eigenvalue weighted by Crippen LogP contribution is -1.87. The van der Waals surface area contributed by atoms with Gasteiger partial charge in [0.2, 0.25) is 0 Å². The highest BCUT2D eigenvalue weighted by Gasteiger charge is 2.08. The monoisotopic (exact) mass is 228 g/mol. The van der Waals surface area contributed by atoms with E-state index in [0.29, 0.717) is 0 Å². The molecule has 0 spiro atoms. The van der Waals surface area contributed by atoms with Gasteiger partial charge in [-0.05, 0) is 29.0 Å². The van der Waals surface area contributed by atoms with Gasteiger partial charge in [-0.3, -0.25) is 0 Å². The molecule has 1 heterocycles. The van der Waals surface area contributed by atoms with Gasteiger partial charge >= 0.3 is 0 Å². The Morgan fingerprint density at radius 2 is 1.57 bits per heavy atom. The normalized spacial score (nSPS) is 14.9. The van der Waals surface area contributed by atoms with Crippen LogP contribution in [-0.2, 0) is 0 Å². The van der Waals surface area contributed by atoms with Crippen molar-refractivity contribution in [3.8, 4) is 0 Å². The number of rotatable bonds is 1. The van der Waals surface area contributed by atoms with Crippen LogP contribution in [0.1, 0.15) is 5.56 Å². The number of hydrogen-bond acceptors (Lipinski definition) is 2. The van der Waals surface area contributed by atoms with Gasteiger partial charge in [-0.1, -0.05) is 29.6 Å². The fraction of sp³-hybridized carbons (Fsp3) is 0. The molecule has 0 atom stereocenters. The van der Waals surface area contributed by atoms with Crippen molar-refractivity contribution in [2.45, 2.75) is 0 Å². The van der Waals surface area contributed by atoms with Gasteiger partial charge in [0.05, 0.1) is 0 Å². The molecule has 0 saturated carbocycles. The Morgan fingerprint density at radius 1 is 1.00 bits per heavy atom. The predicted octanol–water partition coefficient (Wildman–Crippen LogP) is 4.21. The first-order valence-electron chi connectivity index (χ1n) is 3.91. The van der Waals surface area contributed by atoms with E-state index in [4.69, 9.17) is 0 Å². The molecular weight excluding hydrogens is 222 g/mol. The molecule has 0 aromatic heterocycles. The minimum absolute atomic E-state index is 0.0335. The van der Waals surface area contributed by atoms with Crippen molar-refractivity contribution in [3.05, 3.63) is 50.5 Å². The van der Waals surface area contributed by atoms with Crippen molar-refractivity contribution in [1.82, 2.24) is 0 Å². The highest BCUT2D eigenvalue weighted by atomic mass is 32.2. The van der Waals surface area contributed by atoms with Crippen molar-refractivity contribution in [2.24, 2.45) is 0 Å². The summed E-state index contributed by atoms with van der Waals surface area (Å²) in [6.45, 7) is 0. The SMILES string of the molecule is Fc1cccc(F)c1C=C1SC=CS1. The van der Waals surface area contributed by atoms with Crippen LogP contribution < -0.4 is 0 Å². The van der Waals surface area contributed by atoms with E-state index >= 15 is 0 Å². The molecule has 0 radical (unpaired) electrons. The van der Waals surface area contributed by atoms with Crippen LogP contribution in [0.3, 0.4) is 0 Å². The van der Waals surface area contributed by atoms with E-state index in [1.165, 1.54) is 47.8 Å². The molecule has 0 amide bonds. The van der Waals surface area contributed by atoms with Crippen LogP contribution in [0.2, 0.25) is 0 Å². The van der Waals surface area contributed by atoms with E-state index in [0.717, 1.165) is 4.24 Å². The molecule has 0 saturated heterocycles. The van der Waals surface area contributed by atoms with Gasteiger partial charge in [0.15, 0.2) is 0 Å². The summed E-state index contributed by atoms with van der Waals surface area (Å²) in [6, 6.07) is 3.88. The molecular formula is C10H6F2S2. The maximum Gasteiger partial charge on any atom is 0.133 e. The van der Waals surface area contributed by atoms with Crippen molar-refractivity contribution in [3.63, 3.8) is 0 Å². The number of benzene rings is 1. The van der Waals surface area contributed by atoms with Crippen molar-refractivity contribution in [2.75, 3.05) is 0 Å². The van der Waals surface area contributed by atoms with Crippen LogP contribution in [0.15, 0.2) is 33.3 Å². The largest absolute Gasteiger partial charge is 0.206 e. The fourth-order valence-corrected chi connectivity index (χ4v) is 2.69. The summed E-state index contributed by atoms with van der Waals surface area (Å²) in [5.41, 5.74) is 0.0335. The summed E-state index contributed by atoms with van der Waals surface area (Å²) in [5, 5.41) is 3.77. The zero-order valence-corrected chi connectivity index (χ0v) is 8.67. The molecule has 4 heteroatoms. The summed E-state index contributed by atoms with van der Waals surface area (Å²) in [5.74, 6) is -1.05. The minimum atomic E-state index is -0.523. The molecule has 0 N–H and O–H groups in total. The van der Waals surface area contributed by atoms with E-state index in [1.54, 1.807) is 0 Å². The molecule has 0 aliphatic carbocycles. The third-order valence-corrected chi connectivity index (χ3v) is 3.68. The average Bonchev–Trinajstić information content (AvgIpc) is 2.64. The maximum atomic E-state index is 13.2. The van der Waals surface area contributed by atoms with Crippen molar-refractivity contribution >= 4 is 29.6 Å². The molecule has 2 rings (SSSR count). The van der Waals surface area contributed by atoms with Crippen LogP contribution in [0, 0.1) is 11.6 Å². The topological polar surface area (TPSA) is 0 Å². The third kappa shape index (κ3) is 2.01. The molecule has 0 nitrogen and oxygen atoms in total. The Balaban J connectivity index is 2.36. The van der Waals surface area contributed by atoms with Gasteiger partial charge < -0.3 is 0 Å². The molecule has 0 fully saturated rings. The second-order valence-electron chi connectivity index (χ2n) is 2.61. The first kappa shape index (κ1) is 9.80. The fourth-order valence-electron chi connectivity index (χ4n) is 1.05. The van der Waals surface area contributed by atoms with E-state index < -0.39 is 11.6 Å². The van der Waals surface area contributed by atoms with Crippen LogP contribution in [0.25, 0.3) is 6.08 Å². The first-order valence-corrected chi connectivity index (χ1v) is 5.67. The van der Waals surface area contributed by atoms with E-state index in [2.05, 4.69) is 0 Å². The molecule has 72 valence electrons. The van der Waals surface area contributed by atoms with Crippen LogP contribution in [0.5, 0.6) is 0 Å². The van der Waals surface area contributed by atoms with Crippen LogP contribution in [-0.4, -0.2) is 0 Å². The highest BCUT2D eigenvalue weighted by Crippen LogP contribution is 2.39. The van der Waals surface area contributed by atoms with Gasteiger partial charge in [-0.15, -0.1) is 0 Å². The van der Waals surface area contributed by atoms with Gasteiger partial charge in [0, 0.05) is 9.80 Å². The minimum Gasteiger partial charge on any atom is -0.206 e. The molecule has 1 aromatic rings. The molecule has 1 aliphatic rings. The molecule has 1 aliphatic heterocycles. The Hall–Kier alpha value is -0.740. The maximum absolute atomic E-state index is 13.2. The third-order valence-electron chi connectivity index (χ3n) is 1.69. The smallest absolute Gasteiger partial charge is 0.133 e. The predicted molar refractivity (Wildman–Crippen MR) is 58.7 cm³/mol. The van der Waals surface area contributed by atoms with Crippen LogP contribution >= 0.6 is 23.5 Å². The lowest BCUT2D eigenvalue weighted by molar-refractivity contribution is 0.579. The quantitative estimate of drug-likeness (QED) is 0.706. The van der Waals surface area contributed by atoms with Crippen molar-refractivity contribution < 1.29 is 8.78 Å². The lowest BCUT2D eigenvalue weighted by atomic mass is 10.2. The zero-order valence-electron chi connectivity index (χ0n) is 7.04. The van der Waals surface area contributed by atoms with Crippen molar-refractivity contribution in [1.29, 1.82) is 0 Å². The molecule has 1 aromatic carbocycles. The van der Waals surface area contributed by atoms with Gasteiger partial charge in [-0.2, -0.15) is 0 Å². The highest BCUT2D eigenvalue weighted by molar-refractivity contribution is 8.27. The Kier molecular flexibility index (Phi) is 2.93. The number of hydrogen-bond donors (Lipinski definition) is 0. The first-order chi connectivity index (χ1) is 6.77. The summed E-state index contributed by atoms with van der Waals surface area (Å²) < 4.78 is 27.2. The number of thioether (sulfide) groups is 2. The molecule has 0 unspecified atom stereocenters. The average molecular weight is 228 g/mol. The zero-order chi connectivity index (χ0) is 9.97.